The Morgan fingerprint density at radius 3 is 2.42 bits per heavy atom. The lowest BCUT2D eigenvalue weighted by Crippen LogP contribution is -2.53. The first-order chi connectivity index (χ1) is 8.51. The minimum Gasteiger partial charge on any atom is -0.351 e. The van der Waals surface area contributed by atoms with Crippen LogP contribution < -0.4 is 5.32 Å². The van der Waals surface area contributed by atoms with Crippen molar-refractivity contribution in [3.05, 3.63) is 0 Å². The zero-order valence-corrected chi connectivity index (χ0v) is 13.2. The molecule has 1 heterocycles. The van der Waals surface area contributed by atoms with E-state index in [1.807, 2.05) is 4.90 Å². The van der Waals surface area contributed by atoms with E-state index in [0.717, 1.165) is 13.0 Å². The highest BCUT2D eigenvalue weighted by atomic mass is 16.2. The molecular weight excluding hydrogens is 240 g/mol. The summed E-state index contributed by atoms with van der Waals surface area (Å²) in [4.78, 5) is 25.4. The van der Waals surface area contributed by atoms with E-state index in [1.165, 1.54) is 6.92 Å². The number of piperidine rings is 1. The number of hydrogen-bond acceptors (Lipinski definition) is 2. The quantitative estimate of drug-likeness (QED) is 0.853. The van der Waals surface area contributed by atoms with Gasteiger partial charge in [-0.25, -0.2) is 0 Å². The summed E-state index contributed by atoms with van der Waals surface area (Å²) < 4.78 is 0. The molecule has 1 atom stereocenters. The van der Waals surface area contributed by atoms with Gasteiger partial charge in [0.2, 0.25) is 11.8 Å². The highest BCUT2D eigenvalue weighted by Crippen LogP contribution is 2.31. The van der Waals surface area contributed by atoms with Gasteiger partial charge in [0.15, 0.2) is 0 Å². The van der Waals surface area contributed by atoms with Gasteiger partial charge in [-0.2, -0.15) is 0 Å². The lowest BCUT2D eigenvalue weighted by atomic mass is 9.81. The van der Waals surface area contributed by atoms with E-state index in [0.29, 0.717) is 13.0 Å². The van der Waals surface area contributed by atoms with Crippen LogP contribution in [0.5, 0.6) is 0 Å². The Labute approximate surface area is 116 Å². The van der Waals surface area contributed by atoms with Gasteiger partial charge < -0.3 is 10.2 Å². The molecule has 19 heavy (non-hydrogen) atoms. The SMILES string of the molecule is CC(=O)N[C@H](CN1CCC(C)(C)CC1=O)C(C)(C)C. The number of carbonyl (C=O) groups is 2. The average molecular weight is 268 g/mol. The minimum atomic E-state index is -0.0566. The second-order valence-electron chi connectivity index (χ2n) is 7.55. The molecule has 0 aromatic heterocycles. The van der Waals surface area contributed by atoms with Crippen molar-refractivity contribution in [2.24, 2.45) is 10.8 Å². The summed E-state index contributed by atoms with van der Waals surface area (Å²) in [5, 5.41) is 2.98. The van der Waals surface area contributed by atoms with Gasteiger partial charge in [-0.1, -0.05) is 34.6 Å². The Morgan fingerprint density at radius 1 is 1.42 bits per heavy atom. The van der Waals surface area contributed by atoms with Crippen molar-refractivity contribution in [1.29, 1.82) is 0 Å². The van der Waals surface area contributed by atoms with Crippen LogP contribution >= 0.6 is 0 Å². The molecular formula is C15H28N2O2. The van der Waals surface area contributed by atoms with E-state index in [2.05, 4.69) is 39.9 Å². The van der Waals surface area contributed by atoms with Gasteiger partial charge in [0.05, 0.1) is 6.04 Å². The van der Waals surface area contributed by atoms with Crippen molar-refractivity contribution in [3.8, 4) is 0 Å². The number of hydrogen-bond donors (Lipinski definition) is 1. The number of amides is 2. The Hall–Kier alpha value is -1.06. The molecule has 0 unspecified atom stereocenters. The molecule has 2 amide bonds. The second kappa shape index (κ2) is 5.51. The van der Waals surface area contributed by atoms with E-state index >= 15 is 0 Å². The van der Waals surface area contributed by atoms with Crippen molar-refractivity contribution in [1.82, 2.24) is 10.2 Å². The first-order valence-corrected chi connectivity index (χ1v) is 7.06. The number of nitrogens with one attached hydrogen (secondary N) is 1. The molecule has 1 aliphatic rings. The molecule has 4 nitrogen and oxygen atoms in total. The van der Waals surface area contributed by atoms with Crippen LogP contribution in [0.1, 0.15) is 54.4 Å². The molecule has 1 N–H and O–H groups in total. The third kappa shape index (κ3) is 4.84. The highest BCUT2D eigenvalue weighted by molar-refractivity contribution is 5.78. The molecule has 0 saturated carbocycles. The smallest absolute Gasteiger partial charge is 0.223 e. The fourth-order valence-electron chi connectivity index (χ4n) is 2.37. The van der Waals surface area contributed by atoms with Crippen LogP contribution in [0.3, 0.4) is 0 Å². The monoisotopic (exact) mass is 268 g/mol. The van der Waals surface area contributed by atoms with Crippen molar-refractivity contribution < 1.29 is 9.59 Å². The third-order valence-electron chi connectivity index (χ3n) is 3.87. The molecule has 0 aliphatic carbocycles. The maximum Gasteiger partial charge on any atom is 0.223 e. The number of likely N-dealkylation sites (tertiary alicyclic amines) is 1. The third-order valence-corrected chi connectivity index (χ3v) is 3.87. The molecule has 110 valence electrons. The van der Waals surface area contributed by atoms with Crippen LogP contribution in [-0.2, 0) is 9.59 Å². The Bertz CT molecular complexity index is 356. The first kappa shape index (κ1) is 16.0. The summed E-state index contributed by atoms with van der Waals surface area (Å²) >= 11 is 0. The van der Waals surface area contributed by atoms with Crippen molar-refractivity contribution >= 4 is 11.8 Å². The number of rotatable bonds is 3. The lowest BCUT2D eigenvalue weighted by molar-refractivity contribution is -0.138. The topological polar surface area (TPSA) is 49.4 Å². The van der Waals surface area contributed by atoms with Crippen LogP contribution in [0.25, 0.3) is 0 Å². The van der Waals surface area contributed by atoms with E-state index in [-0.39, 0.29) is 28.7 Å². The van der Waals surface area contributed by atoms with E-state index < -0.39 is 0 Å². The zero-order valence-electron chi connectivity index (χ0n) is 13.2. The van der Waals surface area contributed by atoms with E-state index in [9.17, 15) is 9.59 Å². The maximum absolute atomic E-state index is 12.2. The molecule has 0 aromatic rings. The Balaban J connectivity index is 2.70. The fraction of sp³-hybridized carbons (Fsp3) is 0.867. The fourth-order valence-corrected chi connectivity index (χ4v) is 2.37. The summed E-state index contributed by atoms with van der Waals surface area (Å²) in [5.74, 6) is 0.167. The molecule has 1 fully saturated rings. The average Bonchev–Trinajstić information content (AvgIpc) is 2.17. The van der Waals surface area contributed by atoms with Gasteiger partial charge >= 0.3 is 0 Å². The van der Waals surface area contributed by atoms with E-state index in [4.69, 9.17) is 0 Å². The van der Waals surface area contributed by atoms with Crippen molar-refractivity contribution in [2.45, 2.75) is 60.4 Å². The molecule has 4 heteroatoms. The van der Waals surface area contributed by atoms with Crippen LogP contribution in [0.4, 0.5) is 0 Å². The molecule has 1 rings (SSSR count). The van der Waals surface area contributed by atoms with Gasteiger partial charge in [-0.05, 0) is 17.3 Å². The van der Waals surface area contributed by atoms with Crippen LogP contribution in [0.15, 0.2) is 0 Å². The summed E-state index contributed by atoms with van der Waals surface area (Å²) in [6.07, 6.45) is 1.62. The highest BCUT2D eigenvalue weighted by Gasteiger charge is 2.35. The normalized spacial score (nSPS) is 21.2. The number of carbonyl (C=O) groups excluding carboxylic acids is 2. The van der Waals surface area contributed by atoms with Crippen LogP contribution in [0, 0.1) is 10.8 Å². The van der Waals surface area contributed by atoms with Gasteiger partial charge in [-0.15, -0.1) is 0 Å². The van der Waals surface area contributed by atoms with Crippen molar-refractivity contribution in [3.63, 3.8) is 0 Å². The van der Waals surface area contributed by atoms with Gasteiger partial charge in [0, 0.05) is 26.4 Å². The second-order valence-corrected chi connectivity index (χ2v) is 7.55. The summed E-state index contributed by atoms with van der Waals surface area (Å²) in [5.41, 5.74) is 0.0533. The first-order valence-electron chi connectivity index (χ1n) is 7.06. The zero-order chi connectivity index (χ0) is 14.8. The largest absolute Gasteiger partial charge is 0.351 e. The molecule has 1 saturated heterocycles. The molecule has 0 bridgehead atoms. The summed E-state index contributed by atoms with van der Waals surface area (Å²) in [7, 11) is 0. The number of nitrogens with zero attached hydrogens (tertiary/aromatic N) is 1. The summed E-state index contributed by atoms with van der Waals surface area (Å²) in [6.45, 7) is 13.5. The molecule has 0 spiro atoms. The van der Waals surface area contributed by atoms with Crippen LogP contribution in [0.2, 0.25) is 0 Å². The Morgan fingerprint density at radius 2 is 2.00 bits per heavy atom. The minimum absolute atomic E-state index is 0.00448. The van der Waals surface area contributed by atoms with Crippen molar-refractivity contribution in [2.75, 3.05) is 13.1 Å². The van der Waals surface area contributed by atoms with Gasteiger partial charge in [0.25, 0.3) is 0 Å². The van der Waals surface area contributed by atoms with E-state index in [1.54, 1.807) is 0 Å². The molecule has 1 aliphatic heterocycles. The Kier molecular flexibility index (Phi) is 4.64. The van der Waals surface area contributed by atoms with Gasteiger partial charge in [0.1, 0.15) is 0 Å². The summed E-state index contributed by atoms with van der Waals surface area (Å²) in [6, 6.07) is -0.00448. The molecule has 0 radical (unpaired) electrons. The van der Waals surface area contributed by atoms with Gasteiger partial charge in [-0.3, -0.25) is 9.59 Å². The standard InChI is InChI=1S/C15H28N2O2/c1-11(18)16-12(14(2,3)4)10-17-8-7-15(5,6)9-13(17)19/h12H,7-10H2,1-6H3,(H,16,18)/t12-/m1/s1. The molecule has 0 aromatic carbocycles. The predicted octanol–water partition coefficient (Wildman–Crippen LogP) is 2.19. The van der Waals surface area contributed by atoms with Crippen LogP contribution in [-0.4, -0.2) is 35.8 Å². The maximum atomic E-state index is 12.2. The predicted molar refractivity (Wildman–Crippen MR) is 76.7 cm³/mol. The lowest BCUT2D eigenvalue weighted by Gasteiger charge is -2.41.